The highest BCUT2D eigenvalue weighted by Crippen LogP contribution is 2.05. The van der Waals surface area contributed by atoms with Gasteiger partial charge < -0.3 is 21.1 Å². The van der Waals surface area contributed by atoms with Crippen LogP contribution in [0.5, 0.6) is 0 Å². The van der Waals surface area contributed by atoms with Crippen molar-refractivity contribution in [3.63, 3.8) is 0 Å². The van der Waals surface area contributed by atoms with E-state index in [1.54, 1.807) is 0 Å². The van der Waals surface area contributed by atoms with E-state index >= 15 is 0 Å². The van der Waals surface area contributed by atoms with Crippen LogP contribution >= 0.6 is 0 Å². The van der Waals surface area contributed by atoms with Crippen molar-refractivity contribution in [1.29, 1.82) is 0 Å². The smallest absolute Gasteiger partial charge is 0.312 e. The molecule has 7 nitrogen and oxygen atoms in total. The van der Waals surface area contributed by atoms with E-state index in [0.29, 0.717) is 19.4 Å². The molecule has 1 atom stereocenters. The first-order valence-electron chi connectivity index (χ1n) is 7.27. The van der Waals surface area contributed by atoms with Gasteiger partial charge in [-0.2, -0.15) is 0 Å². The van der Waals surface area contributed by atoms with Crippen LogP contribution in [-0.2, 0) is 14.3 Å². The highest BCUT2D eigenvalue weighted by atomic mass is 16.5. The summed E-state index contributed by atoms with van der Waals surface area (Å²) >= 11 is 0. The van der Waals surface area contributed by atoms with Crippen LogP contribution in [0.1, 0.15) is 46.0 Å². The van der Waals surface area contributed by atoms with Gasteiger partial charge >= 0.3 is 12.0 Å². The zero-order valence-corrected chi connectivity index (χ0v) is 13.1. The molecule has 0 aromatic heterocycles. The Labute approximate surface area is 126 Å². The van der Waals surface area contributed by atoms with Crippen molar-refractivity contribution in [3.05, 3.63) is 0 Å². The second-order valence-corrected chi connectivity index (χ2v) is 5.37. The van der Waals surface area contributed by atoms with Crippen LogP contribution in [0.3, 0.4) is 0 Å². The summed E-state index contributed by atoms with van der Waals surface area (Å²) in [6.45, 7) is 4.45. The first-order chi connectivity index (χ1) is 9.86. The first-order valence-corrected chi connectivity index (χ1v) is 7.27. The summed E-state index contributed by atoms with van der Waals surface area (Å²) in [5, 5.41) is 5.22. The minimum Gasteiger partial charge on any atom is -0.469 e. The van der Waals surface area contributed by atoms with E-state index in [0.717, 1.165) is 19.3 Å². The van der Waals surface area contributed by atoms with Gasteiger partial charge in [0.2, 0.25) is 5.91 Å². The number of unbranched alkanes of at least 4 members (excludes halogenated alkanes) is 2. The van der Waals surface area contributed by atoms with Crippen molar-refractivity contribution in [1.82, 2.24) is 10.6 Å². The SMILES string of the molecule is COC(=O)CCCCCNC(=O)C(CC(C)C)NC(N)=O. The molecule has 3 amide bonds. The monoisotopic (exact) mass is 301 g/mol. The number of nitrogens with one attached hydrogen (secondary N) is 2. The lowest BCUT2D eigenvalue weighted by molar-refractivity contribution is -0.140. The standard InChI is InChI=1S/C14H27N3O4/c1-10(2)9-11(17-14(15)20)13(19)16-8-6-4-5-7-12(18)21-3/h10-11H,4-9H2,1-3H3,(H,16,19)(H3,15,17,20). The number of urea groups is 1. The van der Waals surface area contributed by atoms with Crippen molar-refractivity contribution < 1.29 is 19.1 Å². The van der Waals surface area contributed by atoms with Gasteiger partial charge in [0.05, 0.1) is 7.11 Å². The number of nitrogens with two attached hydrogens (primary N) is 1. The van der Waals surface area contributed by atoms with Crippen molar-refractivity contribution >= 4 is 17.9 Å². The topological polar surface area (TPSA) is 111 Å². The molecule has 1 unspecified atom stereocenters. The zero-order valence-electron chi connectivity index (χ0n) is 13.1. The molecule has 4 N–H and O–H groups in total. The summed E-state index contributed by atoms with van der Waals surface area (Å²) in [6, 6.07) is -1.30. The molecule has 0 radical (unpaired) electrons. The highest BCUT2D eigenvalue weighted by Gasteiger charge is 2.20. The first kappa shape index (κ1) is 19.2. The molecule has 0 aliphatic rings. The van der Waals surface area contributed by atoms with Crippen LogP contribution in [0.2, 0.25) is 0 Å². The number of hydrogen-bond acceptors (Lipinski definition) is 4. The van der Waals surface area contributed by atoms with E-state index < -0.39 is 12.1 Å². The maximum atomic E-state index is 11.9. The van der Waals surface area contributed by atoms with Crippen LogP contribution in [0.15, 0.2) is 0 Å². The summed E-state index contributed by atoms with van der Waals surface area (Å²) in [5.74, 6) is -0.176. The Morgan fingerprint density at radius 1 is 1.14 bits per heavy atom. The number of hydrogen-bond donors (Lipinski definition) is 3. The van der Waals surface area contributed by atoms with Gasteiger partial charge in [0.1, 0.15) is 6.04 Å². The summed E-state index contributed by atoms with van der Waals surface area (Å²) in [6.07, 6.45) is 3.26. The summed E-state index contributed by atoms with van der Waals surface area (Å²) in [7, 11) is 1.36. The minimum atomic E-state index is -0.700. The predicted molar refractivity (Wildman–Crippen MR) is 79.5 cm³/mol. The molecule has 0 saturated carbocycles. The van der Waals surface area contributed by atoms with Gasteiger partial charge in [-0.15, -0.1) is 0 Å². The Kier molecular flexibility index (Phi) is 10.0. The molecule has 122 valence electrons. The Morgan fingerprint density at radius 2 is 1.81 bits per heavy atom. The summed E-state index contributed by atoms with van der Waals surface area (Å²) in [5.41, 5.74) is 5.07. The number of rotatable bonds is 10. The molecule has 21 heavy (non-hydrogen) atoms. The number of esters is 1. The third-order valence-electron chi connectivity index (χ3n) is 2.92. The van der Waals surface area contributed by atoms with Crippen molar-refractivity contribution in [2.24, 2.45) is 11.7 Å². The Balaban J connectivity index is 3.92. The Morgan fingerprint density at radius 3 is 2.33 bits per heavy atom. The van der Waals surface area contributed by atoms with Gasteiger partial charge in [-0.25, -0.2) is 4.79 Å². The average Bonchev–Trinajstić information content (AvgIpc) is 2.40. The van der Waals surface area contributed by atoms with E-state index in [9.17, 15) is 14.4 Å². The Bertz CT molecular complexity index is 345. The average molecular weight is 301 g/mol. The fourth-order valence-corrected chi connectivity index (χ4v) is 1.88. The largest absolute Gasteiger partial charge is 0.469 e. The molecule has 0 heterocycles. The normalized spacial score (nSPS) is 11.8. The van der Waals surface area contributed by atoms with Gasteiger partial charge in [-0.1, -0.05) is 20.3 Å². The third kappa shape index (κ3) is 10.6. The maximum Gasteiger partial charge on any atom is 0.312 e. The number of ether oxygens (including phenoxy) is 1. The number of carbonyl (C=O) groups is 3. The van der Waals surface area contributed by atoms with Crippen molar-refractivity contribution in [2.45, 2.75) is 52.0 Å². The summed E-state index contributed by atoms with van der Waals surface area (Å²) in [4.78, 5) is 33.7. The van der Waals surface area contributed by atoms with Gasteiger partial charge in [0.15, 0.2) is 0 Å². The second-order valence-electron chi connectivity index (χ2n) is 5.37. The van der Waals surface area contributed by atoms with Gasteiger partial charge in [0, 0.05) is 13.0 Å². The van der Waals surface area contributed by atoms with Gasteiger partial charge in [-0.3, -0.25) is 9.59 Å². The molecule has 0 bridgehead atoms. The maximum absolute atomic E-state index is 11.9. The lowest BCUT2D eigenvalue weighted by Gasteiger charge is -2.19. The van der Waals surface area contributed by atoms with E-state index in [-0.39, 0.29) is 17.8 Å². The van der Waals surface area contributed by atoms with Crippen molar-refractivity contribution in [3.8, 4) is 0 Å². The molecule has 0 saturated heterocycles. The molecule has 0 aromatic carbocycles. The molecule has 0 fully saturated rings. The molecular formula is C14H27N3O4. The van der Waals surface area contributed by atoms with Crippen LogP contribution in [-0.4, -0.2) is 37.6 Å². The van der Waals surface area contributed by atoms with E-state index in [2.05, 4.69) is 15.4 Å². The minimum absolute atomic E-state index is 0.221. The summed E-state index contributed by atoms with van der Waals surface area (Å²) < 4.78 is 4.54. The van der Waals surface area contributed by atoms with E-state index in [4.69, 9.17) is 5.73 Å². The lowest BCUT2D eigenvalue weighted by Crippen LogP contribution is -2.49. The number of primary amides is 1. The number of methoxy groups -OCH3 is 1. The molecule has 0 rings (SSSR count). The molecular weight excluding hydrogens is 274 g/mol. The van der Waals surface area contributed by atoms with E-state index in [1.165, 1.54) is 7.11 Å². The molecule has 0 aromatic rings. The number of carbonyl (C=O) groups excluding carboxylic acids is 3. The second kappa shape index (κ2) is 10.9. The van der Waals surface area contributed by atoms with E-state index in [1.807, 2.05) is 13.8 Å². The predicted octanol–water partition coefficient (Wildman–Crippen LogP) is 0.919. The highest BCUT2D eigenvalue weighted by molar-refractivity contribution is 5.86. The fourth-order valence-electron chi connectivity index (χ4n) is 1.88. The van der Waals surface area contributed by atoms with Crippen LogP contribution in [0, 0.1) is 5.92 Å². The Hall–Kier alpha value is -1.79. The molecule has 0 aliphatic carbocycles. The third-order valence-corrected chi connectivity index (χ3v) is 2.92. The van der Waals surface area contributed by atoms with Crippen molar-refractivity contribution in [2.75, 3.05) is 13.7 Å². The van der Waals surface area contributed by atoms with Crippen LogP contribution < -0.4 is 16.4 Å². The molecule has 7 heteroatoms. The van der Waals surface area contributed by atoms with Gasteiger partial charge in [0.25, 0.3) is 0 Å². The quantitative estimate of drug-likeness (QED) is 0.411. The van der Waals surface area contributed by atoms with Crippen LogP contribution in [0.25, 0.3) is 0 Å². The zero-order chi connectivity index (χ0) is 16.3. The molecule has 0 aliphatic heterocycles. The lowest BCUT2D eigenvalue weighted by atomic mass is 10.0. The number of amides is 3. The molecule has 0 spiro atoms. The van der Waals surface area contributed by atoms with Gasteiger partial charge in [-0.05, 0) is 25.2 Å². The fraction of sp³-hybridized carbons (Fsp3) is 0.786. The van der Waals surface area contributed by atoms with Crippen LogP contribution in [0.4, 0.5) is 4.79 Å².